The summed E-state index contributed by atoms with van der Waals surface area (Å²) in [7, 11) is 2.97. The van der Waals surface area contributed by atoms with Crippen molar-refractivity contribution in [2.24, 2.45) is 5.41 Å². The van der Waals surface area contributed by atoms with E-state index in [0.717, 1.165) is 18.4 Å². The predicted octanol–water partition coefficient (Wildman–Crippen LogP) is 6.47. The van der Waals surface area contributed by atoms with Crippen molar-refractivity contribution in [3.8, 4) is 29.2 Å². The standard InChI is InChI=1S/C41H41ClF3N9O6/c1-39(2,22-47-35(57)30(55)19-24-5-7-25(8-6-24)33-49-31(58-3)20-32(50-33)59-4)21-46-34(56)26-9-15-29(16-10-26)48-36-51-37(53-38(52-36)60-23-41(43,44)45)54-40(17-18-40)27-11-13-28(42)14-12-27/h5-16,20H,17-19,21-23H2,1-4H3,(H,46,56)(H,47,57)(H2,48,51,52,53,54). The second kappa shape index (κ2) is 18.1. The third-order valence-electron chi connectivity index (χ3n) is 9.26. The lowest BCUT2D eigenvalue weighted by Gasteiger charge is -2.25. The lowest BCUT2D eigenvalue weighted by Crippen LogP contribution is -2.44. The van der Waals surface area contributed by atoms with Crippen molar-refractivity contribution < 1.29 is 41.8 Å². The summed E-state index contributed by atoms with van der Waals surface area (Å²) in [5.74, 6) is -0.828. The molecule has 19 heteroatoms. The molecule has 2 aromatic heterocycles. The Morgan fingerprint density at radius 3 is 2.00 bits per heavy atom. The zero-order valence-electron chi connectivity index (χ0n) is 32.9. The summed E-state index contributed by atoms with van der Waals surface area (Å²) in [5, 5.41) is 12.2. The molecule has 0 radical (unpaired) electrons. The van der Waals surface area contributed by atoms with Crippen LogP contribution in [0.3, 0.4) is 0 Å². The highest BCUT2D eigenvalue weighted by atomic mass is 35.5. The van der Waals surface area contributed by atoms with Crippen molar-refractivity contribution in [3.05, 3.63) is 101 Å². The number of hydrogen-bond donors (Lipinski definition) is 4. The zero-order chi connectivity index (χ0) is 43.1. The maximum atomic E-state index is 13.1. The monoisotopic (exact) mass is 847 g/mol. The van der Waals surface area contributed by atoms with Crippen LogP contribution in [-0.4, -0.2) is 82.6 Å². The van der Waals surface area contributed by atoms with Crippen LogP contribution in [0.1, 0.15) is 48.2 Å². The van der Waals surface area contributed by atoms with Crippen LogP contribution in [0.25, 0.3) is 11.4 Å². The van der Waals surface area contributed by atoms with Gasteiger partial charge in [-0.25, -0.2) is 0 Å². The molecule has 2 amide bonds. The molecule has 15 nitrogen and oxygen atoms in total. The number of ketones is 1. The van der Waals surface area contributed by atoms with E-state index < -0.39 is 47.3 Å². The minimum atomic E-state index is -4.62. The van der Waals surface area contributed by atoms with E-state index in [9.17, 15) is 27.6 Å². The van der Waals surface area contributed by atoms with Crippen LogP contribution < -0.4 is 35.5 Å². The van der Waals surface area contributed by atoms with Gasteiger partial charge < -0.3 is 35.5 Å². The maximum absolute atomic E-state index is 13.1. The molecule has 1 aliphatic rings. The summed E-state index contributed by atoms with van der Waals surface area (Å²) in [6.45, 7) is 2.32. The second-order valence-electron chi connectivity index (χ2n) is 14.7. The summed E-state index contributed by atoms with van der Waals surface area (Å²) in [6.07, 6.45) is -3.28. The van der Waals surface area contributed by atoms with Crippen LogP contribution in [0.15, 0.2) is 78.9 Å². The minimum absolute atomic E-state index is 0.00452. The highest BCUT2D eigenvalue weighted by molar-refractivity contribution is 6.36. The molecule has 0 atom stereocenters. The first-order valence-corrected chi connectivity index (χ1v) is 18.9. The molecule has 0 saturated heterocycles. The molecule has 3 aromatic carbocycles. The topological polar surface area (TPSA) is 191 Å². The molecule has 6 rings (SSSR count). The summed E-state index contributed by atoms with van der Waals surface area (Å²) < 4.78 is 54.2. The molecule has 5 aromatic rings. The molecule has 60 heavy (non-hydrogen) atoms. The fraction of sp³-hybridized carbons (Fsp3) is 0.317. The number of ether oxygens (including phenoxy) is 3. The molecular formula is C41H41ClF3N9O6. The number of benzene rings is 3. The first-order valence-electron chi connectivity index (χ1n) is 18.5. The Morgan fingerprint density at radius 2 is 1.40 bits per heavy atom. The number of anilines is 3. The second-order valence-corrected chi connectivity index (χ2v) is 15.1. The van der Waals surface area contributed by atoms with Crippen LogP contribution in [-0.2, 0) is 21.5 Å². The Morgan fingerprint density at radius 1 is 0.783 bits per heavy atom. The number of aromatic nitrogens is 5. The Kier molecular flexibility index (Phi) is 13.0. The van der Waals surface area contributed by atoms with Crippen molar-refractivity contribution in [3.63, 3.8) is 0 Å². The molecule has 1 fully saturated rings. The van der Waals surface area contributed by atoms with Gasteiger partial charge in [-0.3, -0.25) is 14.4 Å². The van der Waals surface area contributed by atoms with Gasteiger partial charge in [-0.2, -0.15) is 38.1 Å². The van der Waals surface area contributed by atoms with Gasteiger partial charge in [0.25, 0.3) is 11.8 Å². The summed E-state index contributed by atoms with van der Waals surface area (Å²) in [6, 6.07) is 21.3. The Bertz CT molecular complexity index is 2310. The smallest absolute Gasteiger partial charge is 0.422 e. The van der Waals surface area contributed by atoms with Crippen LogP contribution >= 0.6 is 11.6 Å². The van der Waals surface area contributed by atoms with Crippen LogP contribution in [0.5, 0.6) is 17.8 Å². The third kappa shape index (κ3) is 11.8. The fourth-order valence-electron chi connectivity index (χ4n) is 5.79. The third-order valence-corrected chi connectivity index (χ3v) is 9.52. The van der Waals surface area contributed by atoms with E-state index in [1.54, 1.807) is 66.7 Å². The maximum Gasteiger partial charge on any atom is 0.422 e. The fourth-order valence-corrected chi connectivity index (χ4v) is 5.91. The average molecular weight is 848 g/mol. The van der Waals surface area contributed by atoms with E-state index in [4.69, 9.17) is 25.8 Å². The number of carbonyl (C=O) groups excluding carboxylic acids is 3. The summed E-state index contributed by atoms with van der Waals surface area (Å²) in [5.41, 5.74) is 1.78. The first kappa shape index (κ1) is 43.0. The Labute approximate surface area is 347 Å². The zero-order valence-corrected chi connectivity index (χ0v) is 33.7. The molecule has 2 heterocycles. The van der Waals surface area contributed by atoms with E-state index in [2.05, 4.69) is 46.2 Å². The van der Waals surface area contributed by atoms with Crippen molar-refractivity contribution >= 4 is 46.8 Å². The molecular weight excluding hydrogens is 807 g/mol. The quantitative estimate of drug-likeness (QED) is 0.0703. The lowest BCUT2D eigenvalue weighted by molar-refractivity contribution is -0.154. The van der Waals surface area contributed by atoms with Crippen molar-refractivity contribution in [1.29, 1.82) is 0 Å². The number of halogens is 4. The largest absolute Gasteiger partial charge is 0.481 e. The summed E-state index contributed by atoms with van der Waals surface area (Å²) in [4.78, 5) is 59.6. The van der Waals surface area contributed by atoms with E-state index in [-0.39, 0.29) is 31.4 Å². The van der Waals surface area contributed by atoms with Crippen LogP contribution in [0.4, 0.5) is 30.8 Å². The Hall–Kier alpha value is -6.56. The van der Waals surface area contributed by atoms with Crippen molar-refractivity contribution in [2.45, 2.75) is 44.8 Å². The molecule has 314 valence electrons. The molecule has 1 saturated carbocycles. The van der Waals surface area contributed by atoms with Crippen molar-refractivity contribution in [2.75, 3.05) is 44.5 Å². The van der Waals surface area contributed by atoms with E-state index in [1.165, 1.54) is 14.2 Å². The number of alkyl halides is 3. The van der Waals surface area contributed by atoms with Gasteiger partial charge in [0.1, 0.15) is 0 Å². The number of rotatable bonds is 18. The number of nitrogens with zero attached hydrogens (tertiary/aromatic N) is 5. The normalized spacial score (nSPS) is 13.1. The number of methoxy groups -OCH3 is 2. The van der Waals surface area contributed by atoms with Gasteiger partial charge in [0.05, 0.1) is 25.8 Å². The van der Waals surface area contributed by atoms with Gasteiger partial charge in [-0.15, -0.1) is 0 Å². The first-order chi connectivity index (χ1) is 28.5. The van der Waals surface area contributed by atoms with Crippen LogP contribution in [0.2, 0.25) is 5.02 Å². The number of nitrogens with one attached hydrogen (secondary N) is 4. The molecule has 4 N–H and O–H groups in total. The predicted molar refractivity (Wildman–Crippen MR) is 215 cm³/mol. The number of carbonyl (C=O) groups is 3. The van der Waals surface area contributed by atoms with Gasteiger partial charge >= 0.3 is 12.2 Å². The van der Waals surface area contributed by atoms with Gasteiger partial charge in [-0.1, -0.05) is 61.8 Å². The highest BCUT2D eigenvalue weighted by Crippen LogP contribution is 2.48. The molecule has 1 aliphatic carbocycles. The minimum Gasteiger partial charge on any atom is -0.481 e. The number of amides is 2. The van der Waals surface area contributed by atoms with Gasteiger partial charge in [0.2, 0.25) is 29.4 Å². The van der Waals surface area contributed by atoms with Gasteiger partial charge in [-0.05, 0) is 65.8 Å². The number of Topliss-reactive ketones (excluding diaryl/α,β-unsaturated/α-hetero) is 1. The van der Waals surface area contributed by atoms with E-state index >= 15 is 0 Å². The molecule has 0 aliphatic heterocycles. The van der Waals surface area contributed by atoms with Gasteiger partial charge in [0, 0.05) is 41.3 Å². The molecule has 0 unspecified atom stereocenters. The summed E-state index contributed by atoms with van der Waals surface area (Å²) >= 11 is 6.05. The van der Waals surface area contributed by atoms with Gasteiger partial charge in [0.15, 0.2) is 12.4 Å². The SMILES string of the molecule is COc1cc(OC)nc(-c2ccc(CC(=O)C(=O)NCC(C)(C)CNC(=O)c3ccc(Nc4nc(NC5(c6ccc(Cl)cc6)CC5)nc(OCC(F)(F)F)n4)cc3)cc2)n1. The average Bonchev–Trinajstić information content (AvgIpc) is 4.01. The van der Waals surface area contributed by atoms with Crippen molar-refractivity contribution in [1.82, 2.24) is 35.6 Å². The molecule has 0 bridgehead atoms. The van der Waals surface area contributed by atoms with Crippen LogP contribution in [0, 0.1) is 5.41 Å². The highest BCUT2D eigenvalue weighted by Gasteiger charge is 2.45. The number of hydrogen-bond acceptors (Lipinski definition) is 13. The van der Waals surface area contributed by atoms with E-state index in [1.807, 2.05) is 26.0 Å². The Balaban J connectivity index is 1.00. The lowest BCUT2D eigenvalue weighted by atomic mass is 9.93. The van der Waals surface area contributed by atoms with E-state index in [0.29, 0.717) is 45.0 Å². The molecule has 0 spiro atoms.